The van der Waals surface area contributed by atoms with Crippen LogP contribution in [0.15, 0.2) is 212 Å². The van der Waals surface area contributed by atoms with E-state index < -0.39 is 50.9 Å². The number of terminal acetylenes is 3. The van der Waals surface area contributed by atoms with E-state index in [-0.39, 0.29) is 0 Å². The summed E-state index contributed by atoms with van der Waals surface area (Å²) in [5.74, 6) is 9.16. The Kier molecular flexibility index (Phi) is 15.6. The van der Waals surface area contributed by atoms with Gasteiger partial charge in [-0.05, 0) is 57.3 Å². The van der Waals surface area contributed by atoms with Gasteiger partial charge in [0.05, 0.1) is 0 Å². The smallest absolute Gasteiger partial charge is 0.428 e. The van der Waals surface area contributed by atoms with Gasteiger partial charge in [-0.25, -0.2) is 0 Å². The quantitative estimate of drug-likeness (QED) is 0.0586. The Bertz CT molecular complexity index is 2510. The van der Waals surface area contributed by atoms with Crippen LogP contribution < -0.4 is 36.3 Å². The van der Waals surface area contributed by atoms with E-state index in [1.807, 2.05) is 140 Å². The van der Waals surface area contributed by atoms with Gasteiger partial charge in [-0.15, -0.1) is 37.0 Å². The van der Waals surface area contributed by atoms with Crippen molar-refractivity contribution in [1.29, 1.82) is 0 Å². The molecule has 7 aromatic rings. The Morgan fingerprint density at radius 3 is 0.697 bits per heavy atom. The molecule has 0 saturated heterocycles. The maximum atomic E-state index is 8.22. The average Bonchev–Trinajstić information content (AvgIpc) is 3.35. The molecule has 0 unspecified atom stereocenters. The lowest BCUT2D eigenvalue weighted by molar-refractivity contribution is 0.226. The normalized spacial score (nSPS) is 12.4. The largest absolute Gasteiger partial charge is 0.509 e. The zero-order valence-electron chi connectivity index (χ0n) is 38.1. The lowest BCUT2D eigenvalue weighted by Gasteiger charge is -2.48. The first kappa shape index (κ1) is 48.3. The van der Waals surface area contributed by atoms with Crippen molar-refractivity contribution in [2.45, 2.75) is 44.3 Å². The van der Waals surface area contributed by atoms with Gasteiger partial charge < -0.3 is 20.6 Å². The minimum atomic E-state index is -4.35. The van der Waals surface area contributed by atoms with Crippen molar-refractivity contribution in [3.63, 3.8) is 0 Å². The molecule has 0 atom stereocenters. The van der Waals surface area contributed by atoms with Crippen LogP contribution in [0.25, 0.3) is 0 Å². The Morgan fingerprint density at radius 1 is 0.288 bits per heavy atom. The van der Waals surface area contributed by atoms with Gasteiger partial charge in [-0.2, -0.15) is 0 Å². The van der Waals surface area contributed by atoms with E-state index >= 15 is 0 Å². The second-order valence-corrected chi connectivity index (χ2v) is 37.9. The van der Waals surface area contributed by atoms with Gasteiger partial charge in [0.25, 0.3) is 25.0 Å². The first-order valence-corrected chi connectivity index (χ1v) is 35.9. The molecule has 0 bridgehead atoms. The summed E-state index contributed by atoms with van der Waals surface area (Å²) in [7, 11) is -21.3. The van der Waals surface area contributed by atoms with Crippen molar-refractivity contribution < 1.29 is 20.6 Å². The Labute approximate surface area is 399 Å². The lowest BCUT2D eigenvalue weighted by atomic mass is 10.4. The number of hydrogen-bond acceptors (Lipinski definition) is 5. The van der Waals surface area contributed by atoms with Gasteiger partial charge in [-0.1, -0.05) is 212 Å². The third-order valence-corrected chi connectivity index (χ3v) is 37.5. The SMILES string of the molecule is C#CC[Si](O[Si](C)(C)O[Si](O[Si](C)(C)O[Si](CC#C)(c1ccccc1)c1ccccc1)(O[Si](CC#C)(c1ccccc1)c1ccccc1)c1ccccc1)(c1ccccc1)c1ccccc1. The highest BCUT2D eigenvalue weighted by molar-refractivity contribution is 7.08. The third-order valence-electron chi connectivity index (χ3n) is 11.5. The summed E-state index contributed by atoms with van der Waals surface area (Å²) in [6.07, 6.45) is 19.1. The molecule has 0 amide bonds. The van der Waals surface area contributed by atoms with Crippen molar-refractivity contribution in [3.8, 4) is 37.0 Å². The van der Waals surface area contributed by atoms with Crippen LogP contribution in [-0.4, -0.2) is 50.9 Å². The third kappa shape index (κ3) is 10.6. The van der Waals surface area contributed by atoms with Crippen molar-refractivity contribution in [1.82, 2.24) is 0 Å². The van der Waals surface area contributed by atoms with Crippen molar-refractivity contribution in [3.05, 3.63) is 212 Å². The van der Waals surface area contributed by atoms with E-state index in [4.69, 9.17) is 39.8 Å². The van der Waals surface area contributed by atoms with Crippen LogP contribution in [0.5, 0.6) is 0 Å². The van der Waals surface area contributed by atoms with Crippen molar-refractivity contribution in [2.75, 3.05) is 0 Å². The van der Waals surface area contributed by atoms with Gasteiger partial charge in [0.15, 0.2) is 0 Å². The summed E-state index contributed by atoms with van der Waals surface area (Å²) in [6.45, 7) is 8.35. The zero-order chi connectivity index (χ0) is 46.6. The van der Waals surface area contributed by atoms with Crippen LogP contribution in [-0.2, 0) is 20.6 Å². The summed E-state index contributed by atoms with van der Waals surface area (Å²) >= 11 is 0. The van der Waals surface area contributed by atoms with Crippen molar-refractivity contribution >= 4 is 87.2 Å². The van der Waals surface area contributed by atoms with Crippen LogP contribution in [0.3, 0.4) is 0 Å². The topological polar surface area (TPSA) is 46.2 Å². The molecule has 0 radical (unpaired) electrons. The summed E-state index contributed by atoms with van der Waals surface area (Å²) in [5, 5.41) is 6.94. The molecule has 0 aliphatic carbocycles. The van der Waals surface area contributed by atoms with E-state index in [0.717, 1.165) is 36.3 Å². The standard InChI is InChI=1S/C55H56O5Si6/c1-8-46-63(49-32-18-11-19-33-49,50-34-20-12-21-35-50)56-61(4,5)58-66(55-44-30-17-31-45-55,60-65(48-10-3,53-40-26-15-27-41-53)54-42-28-16-29-43-54)59-62(6,7)57-64(47-9-2,51-36-22-13-23-37-51)52-38-24-14-25-39-52/h1-3,11-45H,46-48H2,4-7H3. The molecular weight excluding hydrogens is 909 g/mol. The molecule has 66 heavy (non-hydrogen) atoms. The number of hydrogen-bond donors (Lipinski definition) is 0. The minimum Gasteiger partial charge on any atom is -0.428 e. The Balaban J connectivity index is 1.50. The number of benzene rings is 7. The van der Waals surface area contributed by atoms with E-state index in [1.165, 1.54) is 0 Å². The molecular formula is C55H56O5Si6. The Morgan fingerprint density at radius 2 is 0.485 bits per heavy atom. The summed E-state index contributed by atoms with van der Waals surface area (Å²) < 4.78 is 39.8. The highest BCUT2D eigenvalue weighted by Crippen LogP contribution is 2.32. The molecule has 0 aromatic heterocycles. The molecule has 0 heterocycles. The highest BCUT2D eigenvalue weighted by atomic mass is 28.5. The maximum Gasteiger partial charge on any atom is 0.509 e. The van der Waals surface area contributed by atoms with E-state index in [0.29, 0.717) is 18.1 Å². The molecule has 0 N–H and O–H groups in total. The molecule has 0 fully saturated rings. The molecule has 330 valence electrons. The van der Waals surface area contributed by atoms with E-state index in [1.54, 1.807) is 0 Å². The number of rotatable bonds is 20. The predicted octanol–water partition coefficient (Wildman–Crippen LogP) is 7.50. The fourth-order valence-electron chi connectivity index (χ4n) is 8.89. The summed E-state index contributed by atoms with van der Waals surface area (Å²) in [4.78, 5) is 0. The Hall–Kier alpha value is -5.68. The minimum absolute atomic E-state index is 0.300. The first-order valence-electron chi connectivity index (χ1n) is 22.2. The second kappa shape index (κ2) is 21.3. The van der Waals surface area contributed by atoms with Crippen LogP contribution in [0.1, 0.15) is 0 Å². The average molecular weight is 966 g/mol. The van der Waals surface area contributed by atoms with Gasteiger partial charge >= 0.3 is 25.9 Å². The fraction of sp³-hybridized carbons (Fsp3) is 0.127. The van der Waals surface area contributed by atoms with Gasteiger partial charge in [-0.3, -0.25) is 0 Å². The van der Waals surface area contributed by atoms with Crippen molar-refractivity contribution in [2.24, 2.45) is 0 Å². The highest BCUT2D eigenvalue weighted by Gasteiger charge is 2.61. The van der Waals surface area contributed by atoms with Crippen LogP contribution in [0.2, 0.25) is 44.3 Å². The molecule has 0 spiro atoms. The predicted molar refractivity (Wildman–Crippen MR) is 287 cm³/mol. The summed E-state index contributed by atoms with van der Waals surface area (Å²) in [6, 6.07) is 73.2. The lowest BCUT2D eigenvalue weighted by Crippen LogP contribution is -2.77. The monoisotopic (exact) mass is 964 g/mol. The summed E-state index contributed by atoms with van der Waals surface area (Å²) in [5.41, 5.74) is 0. The van der Waals surface area contributed by atoms with Crippen LogP contribution in [0, 0.1) is 37.0 Å². The zero-order valence-corrected chi connectivity index (χ0v) is 44.1. The molecule has 0 aliphatic heterocycles. The second-order valence-electron chi connectivity index (χ2n) is 17.1. The molecule has 11 heteroatoms. The van der Waals surface area contributed by atoms with Crippen LogP contribution in [0.4, 0.5) is 0 Å². The molecule has 0 aliphatic rings. The molecule has 7 rings (SSSR count). The van der Waals surface area contributed by atoms with Gasteiger partial charge in [0.1, 0.15) is 0 Å². The first-order chi connectivity index (χ1) is 32.0. The molecule has 5 nitrogen and oxygen atoms in total. The fourth-order valence-corrected chi connectivity index (χ4v) is 38.5. The molecule has 0 saturated carbocycles. The van der Waals surface area contributed by atoms with E-state index in [2.05, 4.69) is 117 Å². The van der Waals surface area contributed by atoms with Gasteiger partial charge in [0.2, 0.25) is 0 Å². The van der Waals surface area contributed by atoms with Crippen LogP contribution >= 0.6 is 0 Å². The van der Waals surface area contributed by atoms with Gasteiger partial charge in [0, 0.05) is 23.3 Å². The van der Waals surface area contributed by atoms with E-state index in [9.17, 15) is 0 Å². The maximum absolute atomic E-state index is 8.22. The molecule has 7 aromatic carbocycles.